The highest BCUT2D eigenvalue weighted by Gasteiger charge is 2.29. The average molecular weight is 317 g/mol. The number of hydrogen-bond acceptors (Lipinski definition) is 6. The summed E-state index contributed by atoms with van der Waals surface area (Å²) in [7, 11) is 0. The molecule has 9 heteroatoms. The number of nitro groups is 1. The number of nitrogens with one attached hydrogen (secondary N) is 2. The van der Waals surface area contributed by atoms with Gasteiger partial charge in [-0.1, -0.05) is 0 Å². The summed E-state index contributed by atoms with van der Waals surface area (Å²) in [6, 6.07) is 5.81. The number of nitro benzene ring substituents is 1. The van der Waals surface area contributed by atoms with Gasteiger partial charge in [-0.25, -0.2) is 10.9 Å². The van der Waals surface area contributed by atoms with Crippen molar-refractivity contribution >= 4 is 28.9 Å². The van der Waals surface area contributed by atoms with Crippen LogP contribution in [0.15, 0.2) is 34.5 Å². The minimum Gasteiger partial charge on any atom is -0.273 e. The van der Waals surface area contributed by atoms with Gasteiger partial charge in [0.25, 0.3) is 5.69 Å². The van der Waals surface area contributed by atoms with Crippen LogP contribution in [0.4, 0.5) is 5.69 Å². The van der Waals surface area contributed by atoms with Crippen molar-refractivity contribution in [3.05, 3.63) is 39.9 Å². The van der Waals surface area contributed by atoms with Crippen LogP contribution in [-0.4, -0.2) is 28.2 Å². The predicted molar refractivity (Wildman–Crippen MR) is 82.8 cm³/mol. The minimum atomic E-state index is -0.579. The molecule has 1 atom stereocenters. The Bertz CT molecular complexity index is 708. The van der Waals surface area contributed by atoms with Gasteiger partial charge >= 0.3 is 0 Å². The smallest absolute Gasteiger partial charge is 0.269 e. The van der Waals surface area contributed by atoms with Gasteiger partial charge in [0.1, 0.15) is 0 Å². The van der Waals surface area contributed by atoms with Crippen molar-refractivity contribution < 1.29 is 14.5 Å². The number of hydrogen-bond donors (Lipinski definition) is 2. The van der Waals surface area contributed by atoms with E-state index in [0.717, 1.165) is 0 Å². The lowest BCUT2D eigenvalue weighted by Gasteiger charge is -2.07. The Morgan fingerprint density at radius 2 is 2.09 bits per heavy atom. The van der Waals surface area contributed by atoms with Crippen molar-refractivity contribution in [1.82, 2.24) is 10.9 Å². The third kappa shape index (κ3) is 3.96. The van der Waals surface area contributed by atoms with Gasteiger partial charge in [0.15, 0.2) is 0 Å². The first kappa shape index (κ1) is 16.3. The van der Waals surface area contributed by atoms with Crippen molar-refractivity contribution in [2.45, 2.75) is 20.3 Å². The first-order valence-corrected chi connectivity index (χ1v) is 6.80. The zero-order valence-electron chi connectivity index (χ0n) is 12.6. The van der Waals surface area contributed by atoms with E-state index in [2.05, 4.69) is 21.1 Å². The predicted octanol–water partition coefficient (Wildman–Crippen LogP) is 0.947. The lowest BCUT2D eigenvalue weighted by atomic mass is 10.0. The van der Waals surface area contributed by atoms with Gasteiger partial charge in [0, 0.05) is 24.3 Å². The first-order chi connectivity index (χ1) is 10.9. The van der Waals surface area contributed by atoms with Crippen molar-refractivity contribution in [2.75, 3.05) is 0 Å². The quantitative estimate of drug-likeness (QED) is 0.476. The highest BCUT2D eigenvalue weighted by atomic mass is 16.6. The molecule has 0 radical (unpaired) electrons. The highest BCUT2D eigenvalue weighted by Crippen LogP contribution is 2.13. The van der Waals surface area contributed by atoms with E-state index in [4.69, 9.17) is 0 Å². The maximum atomic E-state index is 11.8. The second kappa shape index (κ2) is 6.77. The Balaban J connectivity index is 1.96. The molecule has 0 spiro atoms. The monoisotopic (exact) mass is 317 g/mol. The van der Waals surface area contributed by atoms with E-state index in [0.29, 0.717) is 17.0 Å². The van der Waals surface area contributed by atoms with Crippen LogP contribution in [0.5, 0.6) is 0 Å². The SMILES string of the molecule is CC1=NNC(=O)C1CC(=O)N/N=C(/C)c1ccc([N+](=O)[O-])cc1. The normalized spacial score (nSPS) is 17.5. The van der Waals surface area contributed by atoms with Gasteiger partial charge in [0.2, 0.25) is 11.8 Å². The molecule has 0 saturated carbocycles. The number of amides is 2. The Morgan fingerprint density at radius 1 is 1.43 bits per heavy atom. The summed E-state index contributed by atoms with van der Waals surface area (Å²) in [6.45, 7) is 3.33. The number of hydrazone groups is 2. The maximum Gasteiger partial charge on any atom is 0.269 e. The summed E-state index contributed by atoms with van der Waals surface area (Å²) in [5.41, 5.74) is 6.35. The van der Waals surface area contributed by atoms with Gasteiger partial charge in [-0.2, -0.15) is 10.2 Å². The molecule has 1 aromatic rings. The second-order valence-corrected chi connectivity index (χ2v) is 5.02. The molecule has 1 unspecified atom stereocenters. The van der Waals surface area contributed by atoms with Crippen LogP contribution in [0.2, 0.25) is 0 Å². The highest BCUT2D eigenvalue weighted by molar-refractivity contribution is 6.09. The number of nitrogens with zero attached hydrogens (tertiary/aromatic N) is 3. The molecule has 1 aliphatic heterocycles. The molecule has 23 heavy (non-hydrogen) atoms. The number of benzene rings is 1. The molecule has 1 aromatic carbocycles. The van der Waals surface area contributed by atoms with Gasteiger partial charge in [-0.15, -0.1) is 0 Å². The third-order valence-corrected chi connectivity index (χ3v) is 3.40. The Hall–Kier alpha value is -3.10. The lowest BCUT2D eigenvalue weighted by molar-refractivity contribution is -0.384. The molecule has 0 bridgehead atoms. The fourth-order valence-electron chi connectivity index (χ4n) is 2.00. The van der Waals surface area contributed by atoms with Gasteiger partial charge in [-0.3, -0.25) is 19.7 Å². The second-order valence-electron chi connectivity index (χ2n) is 5.02. The fraction of sp³-hybridized carbons (Fsp3) is 0.286. The number of carbonyl (C=O) groups is 2. The molecule has 120 valence electrons. The molecule has 1 aliphatic rings. The van der Waals surface area contributed by atoms with Gasteiger partial charge < -0.3 is 0 Å². The van der Waals surface area contributed by atoms with Crippen LogP contribution in [0.1, 0.15) is 25.8 Å². The fourth-order valence-corrected chi connectivity index (χ4v) is 2.00. The van der Waals surface area contributed by atoms with E-state index in [-0.39, 0.29) is 18.0 Å². The average Bonchev–Trinajstić information content (AvgIpc) is 2.84. The molecular formula is C14H15N5O4. The standard InChI is InChI=1S/C14H15N5O4/c1-8(10-3-5-11(6-4-10)19(22)23)15-17-13(20)7-12-9(2)16-18-14(12)21/h3-6,12H,7H2,1-2H3,(H,17,20)(H,18,21)/b15-8-. The topological polar surface area (TPSA) is 126 Å². The molecule has 1 heterocycles. The van der Waals surface area contributed by atoms with E-state index in [1.54, 1.807) is 26.0 Å². The molecule has 0 fully saturated rings. The molecule has 2 amide bonds. The summed E-state index contributed by atoms with van der Waals surface area (Å²) in [5, 5.41) is 18.3. The van der Waals surface area contributed by atoms with Crippen molar-refractivity contribution in [3.8, 4) is 0 Å². The number of non-ortho nitro benzene ring substituents is 1. The third-order valence-electron chi connectivity index (χ3n) is 3.40. The molecule has 0 aromatic heterocycles. The molecular weight excluding hydrogens is 302 g/mol. The summed E-state index contributed by atoms with van der Waals surface area (Å²) in [6.07, 6.45) is -0.0434. The Kier molecular flexibility index (Phi) is 4.79. The largest absolute Gasteiger partial charge is 0.273 e. The van der Waals surface area contributed by atoms with E-state index < -0.39 is 16.7 Å². The maximum absolute atomic E-state index is 11.8. The van der Waals surface area contributed by atoms with E-state index in [9.17, 15) is 19.7 Å². The zero-order valence-corrected chi connectivity index (χ0v) is 12.6. The molecule has 0 aliphatic carbocycles. The van der Waals surface area contributed by atoms with Crippen LogP contribution >= 0.6 is 0 Å². The number of carbonyl (C=O) groups excluding carboxylic acids is 2. The lowest BCUT2D eigenvalue weighted by Crippen LogP contribution is -2.29. The van der Waals surface area contributed by atoms with E-state index in [1.807, 2.05) is 0 Å². The summed E-state index contributed by atoms with van der Waals surface area (Å²) >= 11 is 0. The minimum absolute atomic E-state index is 0.0207. The first-order valence-electron chi connectivity index (χ1n) is 6.80. The van der Waals surface area contributed by atoms with Crippen molar-refractivity contribution in [3.63, 3.8) is 0 Å². The summed E-state index contributed by atoms with van der Waals surface area (Å²) < 4.78 is 0. The number of rotatable bonds is 5. The van der Waals surface area contributed by atoms with Crippen LogP contribution in [-0.2, 0) is 9.59 Å². The summed E-state index contributed by atoms with van der Waals surface area (Å²) in [5.74, 6) is -1.30. The zero-order chi connectivity index (χ0) is 17.0. The molecule has 0 saturated heterocycles. The van der Waals surface area contributed by atoms with Crippen LogP contribution in [0, 0.1) is 16.0 Å². The molecule has 2 N–H and O–H groups in total. The summed E-state index contributed by atoms with van der Waals surface area (Å²) in [4.78, 5) is 33.4. The Morgan fingerprint density at radius 3 is 2.61 bits per heavy atom. The molecule has 9 nitrogen and oxygen atoms in total. The van der Waals surface area contributed by atoms with Crippen molar-refractivity contribution in [2.24, 2.45) is 16.1 Å². The van der Waals surface area contributed by atoms with Gasteiger partial charge in [0.05, 0.1) is 16.6 Å². The van der Waals surface area contributed by atoms with Crippen LogP contribution < -0.4 is 10.9 Å². The van der Waals surface area contributed by atoms with Crippen molar-refractivity contribution in [1.29, 1.82) is 0 Å². The van der Waals surface area contributed by atoms with E-state index >= 15 is 0 Å². The molecule has 2 rings (SSSR count). The van der Waals surface area contributed by atoms with Crippen LogP contribution in [0.25, 0.3) is 0 Å². The Labute approximate surface area is 131 Å². The van der Waals surface area contributed by atoms with Crippen LogP contribution in [0.3, 0.4) is 0 Å². The van der Waals surface area contributed by atoms with Gasteiger partial charge in [-0.05, 0) is 31.5 Å². The van der Waals surface area contributed by atoms with E-state index in [1.165, 1.54) is 12.1 Å².